The topological polar surface area (TPSA) is 115 Å². The molecule has 3 aromatic rings. The van der Waals surface area contributed by atoms with Gasteiger partial charge in [0.2, 0.25) is 6.41 Å². The van der Waals surface area contributed by atoms with Crippen molar-refractivity contribution in [1.82, 2.24) is 19.9 Å². The van der Waals surface area contributed by atoms with E-state index in [2.05, 4.69) is 46.8 Å². The quantitative estimate of drug-likeness (QED) is 0.576. The van der Waals surface area contributed by atoms with E-state index in [1.165, 1.54) is 11.9 Å². The number of thiophene rings is 1. The summed E-state index contributed by atoms with van der Waals surface area (Å²) in [6.07, 6.45) is 4.71. The van der Waals surface area contributed by atoms with E-state index in [1.54, 1.807) is 18.4 Å². The Kier molecular flexibility index (Phi) is 6.28. The summed E-state index contributed by atoms with van der Waals surface area (Å²) in [5.41, 5.74) is 9.19. The number of aliphatic hydroxyl groups is 1. The summed E-state index contributed by atoms with van der Waals surface area (Å²) in [5.74, 6) is 0.760. The molecule has 4 rings (SSSR count). The zero-order valence-corrected chi connectivity index (χ0v) is 16.9. The summed E-state index contributed by atoms with van der Waals surface area (Å²) < 4.78 is 8.07. The number of nitrogens with zero attached hydrogens (tertiary/aromatic N) is 3. The van der Waals surface area contributed by atoms with Gasteiger partial charge in [-0.05, 0) is 30.4 Å². The molecule has 0 spiro atoms. The van der Waals surface area contributed by atoms with E-state index in [1.807, 2.05) is 4.57 Å². The van der Waals surface area contributed by atoms with Crippen LogP contribution >= 0.6 is 11.3 Å². The van der Waals surface area contributed by atoms with Gasteiger partial charge in [-0.2, -0.15) is 0 Å². The molecular formula is C19H25N5O3S. The van der Waals surface area contributed by atoms with Crippen LogP contribution in [0, 0.1) is 12.8 Å². The lowest BCUT2D eigenvalue weighted by Crippen LogP contribution is -2.15. The molecule has 0 saturated carbocycles. The third kappa shape index (κ3) is 3.87. The van der Waals surface area contributed by atoms with E-state index < -0.39 is 0 Å². The first kappa shape index (κ1) is 20.2. The Morgan fingerprint density at radius 1 is 1.50 bits per heavy atom. The molecule has 0 aromatic carbocycles. The van der Waals surface area contributed by atoms with Crippen LogP contribution in [0.1, 0.15) is 25.1 Å². The lowest BCUT2D eigenvalue weighted by atomic mass is 10.1. The summed E-state index contributed by atoms with van der Waals surface area (Å²) in [6, 6.07) is 2.14. The molecule has 150 valence electrons. The summed E-state index contributed by atoms with van der Waals surface area (Å²) in [6.45, 7) is 4.24. The molecule has 3 atom stereocenters. The van der Waals surface area contributed by atoms with Crippen molar-refractivity contribution < 1.29 is 14.6 Å². The van der Waals surface area contributed by atoms with Gasteiger partial charge in [-0.15, -0.1) is 11.3 Å². The molecule has 1 aliphatic heterocycles. The van der Waals surface area contributed by atoms with Crippen molar-refractivity contribution in [3.63, 3.8) is 0 Å². The molecule has 1 aliphatic rings. The number of rotatable bonds is 4. The molecule has 9 heteroatoms. The zero-order valence-electron chi connectivity index (χ0n) is 16.1. The van der Waals surface area contributed by atoms with Crippen molar-refractivity contribution >= 4 is 34.6 Å². The number of nitrogens with one attached hydrogen (secondary N) is 1. The maximum Gasteiger partial charge on any atom is 0.206 e. The molecular weight excluding hydrogens is 378 g/mol. The number of hydrogen-bond donors (Lipinski definition) is 3. The second-order valence-corrected chi connectivity index (χ2v) is 7.76. The Morgan fingerprint density at radius 2 is 2.25 bits per heavy atom. The lowest BCUT2D eigenvalue weighted by molar-refractivity contribution is -0.109. The van der Waals surface area contributed by atoms with E-state index >= 15 is 0 Å². The first-order chi connectivity index (χ1) is 13.5. The van der Waals surface area contributed by atoms with Gasteiger partial charge in [0, 0.05) is 29.6 Å². The SMILES string of the molecule is CNC=O.Cc1csc(-c2cn(C3OC(CO)CC3C)c3ncnc(N)c23)c1. The minimum atomic E-state index is -0.159. The smallest absolute Gasteiger partial charge is 0.206 e. The Morgan fingerprint density at radius 3 is 2.82 bits per heavy atom. The van der Waals surface area contributed by atoms with Crippen molar-refractivity contribution in [2.75, 3.05) is 19.4 Å². The van der Waals surface area contributed by atoms with Crippen molar-refractivity contribution in [2.24, 2.45) is 5.92 Å². The molecule has 3 aromatic heterocycles. The molecule has 1 fully saturated rings. The summed E-state index contributed by atoms with van der Waals surface area (Å²) in [7, 11) is 1.56. The number of nitrogen functional groups attached to an aromatic ring is 1. The molecule has 0 bridgehead atoms. The summed E-state index contributed by atoms with van der Waals surface area (Å²) in [4.78, 5) is 18.8. The summed E-state index contributed by atoms with van der Waals surface area (Å²) in [5, 5.41) is 14.6. The van der Waals surface area contributed by atoms with Gasteiger partial charge in [-0.25, -0.2) is 9.97 Å². The zero-order chi connectivity index (χ0) is 20.3. The molecule has 0 radical (unpaired) electrons. The van der Waals surface area contributed by atoms with Crippen LogP contribution in [-0.2, 0) is 9.53 Å². The van der Waals surface area contributed by atoms with Crippen LogP contribution in [0.5, 0.6) is 0 Å². The highest BCUT2D eigenvalue weighted by atomic mass is 32.1. The predicted octanol–water partition coefficient (Wildman–Crippen LogP) is 2.33. The minimum Gasteiger partial charge on any atom is -0.394 e. The van der Waals surface area contributed by atoms with Gasteiger partial charge < -0.3 is 25.5 Å². The van der Waals surface area contributed by atoms with E-state index in [0.29, 0.717) is 12.2 Å². The first-order valence-electron chi connectivity index (χ1n) is 9.03. The van der Waals surface area contributed by atoms with Crippen molar-refractivity contribution in [3.05, 3.63) is 29.5 Å². The van der Waals surface area contributed by atoms with Gasteiger partial charge in [0.05, 0.1) is 18.1 Å². The van der Waals surface area contributed by atoms with Gasteiger partial charge in [-0.1, -0.05) is 6.92 Å². The van der Waals surface area contributed by atoms with E-state index in [-0.39, 0.29) is 24.9 Å². The Hall–Kier alpha value is -2.49. The third-order valence-electron chi connectivity index (χ3n) is 4.68. The number of fused-ring (bicyclic) bond motifs is 1. The van der Waals surface area contributed by atoms with Crippen molar-refractivity contribution in [1.29, 1.82) is 0 Å². The number of anilines is 1. The second kappa shape index (κ2) is 8.68. The highest BCUT2D eigenvalue weighted by molar-refractivity contribution is 7.13. The lowest BCUT2D eigenvalue weighted by Gasteiger charge is -2.18. The van der Waals surface area contributed by atoms with Gasteiger partial charge in [0.25, 0.3) is 0 Å². The maximum absolute atomic E-state index is 9.41. The number of hydrogen-bond acceptors (Lipinski definition) is 7. The molecule has 28 heavy (non-hydrogen) atoms. The van der Waals surface area contributed by atoms with Crippen LogP contribution in [0.2, 0.25) is 0 Å². The normalized spacial score (nSPS) is 21.4. The fourth-order valence-electron chi connectivity index (χ4n) is 3.44. The average molecular weight is 404 g/mol. The van der Waals surface area contributed by atoms with Gasteiger partial charge >= 0.3 is 0 Å². The number of aromatic nitrogens is 3. The number of ether oxygens (including phenoxy) is 1. The van der Waals surface area contributed by atoms with Crippen LogP contribution in [0.15, 0.2) is 24.0 Å². The molecule has 0 aliphatic carbocycles. The number of nitrogens with two attached hydrogens (primary N) is 1. The first-order valence-corrected chi connectivity index (χ1v) is 9.91. The maximum atomic E-state index is 9.41. The van der Waals surface area contributed by atoms with E-state index in [0.717, 1.165) is 27.9 Å². The Balaban J connectivity index is 0.000000516. The number of carbonyl (C=O) groups excluding carboxylic acids is 1. The molecule has 4 heterocycles. The highest BCUT2D eigenvalue weighted by Gasteiger charge is 2.34. The number of carbonyl (C=O) groups is 1. The Bertz CT molecular complexity index is 954. The van der Waals surface area contributed by atoms with Crippen LogP contribution in [-0.4, -0.2) is 45.8 Å². The number of amides is 1. The van der Waals surface area contributed by atoms with Crippen LogP contribution < -0.4 is 11.1 Å². The van der Waals surface area contributed by atoms with Crippen molar-refractivity contribution in [3.8, 4) is 10.4 Å². The predicted molar refractivity (Wildman–Crippen MR) is 110 cm³/mol. The van der Waals surface area contributed by atoms with E-state index in [4.69, 9.17) is 15.3 Å². The highest BCUT2D eigenvalue weighted by Crippen LogP contribution is 2.41. The molecule has 1 saturated heterocycles. The average Bonchev–Trinajstić information content (AvgIpc) is 3.39. The van der Waals surface area contributed by atoms with E-state index in [9.17, 15) is 5.11 Å². The standard InChI is InChI=1S/C17H20N4O2S.C2H5NO/c1-9-3-13(24-7-9)12-5-21(16-14(12)15(18)19-8-20-16)17-10(2)4-11(6-22)23-17;1-3-2-4/h3,5,7-8,10-11,17,22H,4,6H2,1-2H3,(H2,18,19,20);2H,1H3,(H,3,4). The van der Waals surface area contributed by atoms with Gasteiger partial charge in [0.15, 0.2) is 0 Å². The third-order valence-corrected chi connectivity index (χ3v) is 5.77. The fraction of sp³-hybridized carbons (Fsp3) is 0.421. The van der Waals surface area contributed by atoms with Gasteiger partial charge in [-0.3, -0.25) is 4.79 Å². The van der Waals surface area contributed by atoms with Crippen LogP contribution in [0.4, 0.5) is 5.82 Å². The van der Waals surface area contributed by atoms with Crippen LogP contribution in [0.25, 0.3) is 21.5 Å². The molecule has 4 N–H and O–H groups in total. The summed E-state index contributed by atoms with van der Waals surface area (Å²) >= 11 is 1.68. The van der Waals surface area contributed by atoms with Crippen LogP contribution in [0.3, 0.4) is 0 Å². The molecule has 3 unspecified atom stereocenters. The monoisotopic (exact) mass is 403 g/mol. The largest absolute Gasteiger partial charge is 0.394 e. The molecule has 1 amide bonds. The minimum absolute atomic E-state index is 0.0359. The second-order valence-electron chi connectivity index (χ2n) is 6.85. The van der Waals surface area contributed by atoms with Gasteiger partial charge in [0.1, 0.15) is 24.0 Å². The molecule has 8 nitrogen and oxygen atoms in total. The fourth-order valence-corrected chi connectivity index (χ4v) is 4.35. The number of aliphatic hydroxyl groups excluding tert-OH is 1. The number of aryl methyl sites for hydroxylation is 1. The Labute approximate surface area is 167 Å². The van der Waals surface area contributed by atoms with Crippen molar-refractivity contribution in [2.45, 2.75) is 32.6 Å².